The Hall–Kier alpha value is -2.08. The van der Waals surface area contributed by atoms with Crippen LogP contribution >= 0.6 is 0 Å². The highest BCUT2D eigenvalue weighted by Gasteiger charge is 2.07. The van der Waals surface area contributed by atoms with E-state index in [-0.39, 0.29) is 0 Å². The molecule has 0 saturated carbocycles. The first kappa shape index (κ1) is 13.4. The maximum absolute atomic E-state index is 5.48. The molecule has 102 valence electrons. The summed E-state index contributed by atoms with van der Waals surface area (Å²) in [6, 6.07) is 3.99. The number of nitrogens with one attached hydrogen (secondary N) is 2. The van der Waals surface area contributed by atoms with E-state index in [0.717, 1.165) is 24.0 Å². The molecule has 0 atom stereocenters. The van der Waals surface area contributed by atoms with Crippen LogP contribution in [0.3, 0.4) is 0 Å². The molecule has 0 unspecified atom stereocenters. The lowest BCUT2D eigenvalue weighted by Gasteiger charge is -2.18. The molecule has 2 aromatic heterocycles. The van der Waals surface area contributed by atoms with Crippen LogP contribution in [0.4, 0.5) is 11.6 Å². The van der Waals surface area contributed by atoms with E-state index in [1.54, 1.807) is 0 Å². The topological polar surface area (TPSA) is 82.9 Å². The summed E-state index contributed by atoms with van der Waals surface area (Å²) in [6.45, 7) is 3.98. The molecule has 6 heteroatoms. The molecule has 0 radical (unpaired) electrons. The van der Waals surface area contributed by atoms with Gasteiger partial charge in [-0.05, 0) is 18.6 Å². The molecule has 4 N–H and O–H groups in total. The summed E-state index contributed by atoms with van der Waals surface area (Å²) in [5, 5.41) is 3.18. The highest BCUT2D eigenvalue weighted by Crippen LogP contribution is 2.16. The fourth-order valence-electron chi connectivity index (χ4n) is 1.85. The normalized spacial score (nSPS) is 10.5. The average molecular weight is 260 g/mol. The van der Waals surface area contributed by atoms with Crippen LogP contribution in [0.5, 0.6) is 0 Å². The highest BCUT2D eigenvalue weighted by atomic mass is 15.2. The van der Waals surface area contributed by atoms with E-state index in [1.807, 2.05) is 32.4 Å². The Morgan fingerprint density at radius 2 is 2.26 bits per heavy atom. The number of H-pyrrole nitrogens is 1. The van der Waals surface area contributed by atoms with Crippen LogP contribution < -0.4 is 16.0 Å². The molecule has 0 bridgehead atoms. The molecule has 0 fully saturated rings. The molecule has 6 nitrogen and oxygen atoms in total. The largest absolute Gasteiger partial charge is 0.369 e. The molecular formula is C13H20N6. The van der Waals surface area contributed by atoms with Gasteiger partial charge in [0.1, 0.15) is 17.5 Å². The van der Waals surface area contributed by atoms with E-state index in [2.05, 4.69) is 31.2 Å². The molecule has 2 heterocycles. The first-order chi connectivity index (χ1) is 9.19. The number of aryl methyl sites for hydroxylation is 1. The first-order valence-corrected chi connectivity index (χ1v) is 6.31. The molecule has 2 rings (SSSR count). The van der Waals surface area contributed by atoms with Gasteiger partial charge in [0.15, 0.2) is 0 Å². The number of hydrogen-bond acceptors (Lipinski definition) is 5. The summed E-state index contributed by atoms with van der Waals surface area (Å²) in [7, 11) is 2.02. The third-order valence-electron chi connectivity index (χ3n) is 2.75. The van der Waals surface area contributed by atoms with Crippen LogP contribution in [0, 0.1) is 6.92 Å². The minimum absolute atomic E-state index is 0.581. The molecule has 0 spiro atoms. The molecule has 0 aliphatic carbocycles. The highest BCUT2D eigenvalue weighted by molar-refractivity contribution is 5.49. The molecule has 0 aliphatic rings. The van der Waals surface area contributed by atoms with Crippen molar-refractivity contribution < 1.29 is 0 Å². The zero-order valence-corrected chi connectivity index (χ0v) is 11.3. The lowest BCUT2D eigenvalue weighted by Crippen LogP contribution is -2.19. The van der Waals surface area contributed by atoms with Crippen molar-refractivity contribution in [1.82, 2.24) is 15.0 Å². The fraction of sp³-hybridized carbons (Fsp3) is 0.385. The van der Waals surface area contributed by atoms with Crippen molar-refractivity contribution in [3.63, 3.8) is 0 Å². The molecule has 2 aromatic rings. The van der Waals surface area contributed by atoms with Gasteiger partial charge >= 0.3 is 0 Å². The zero-order chi connectivity index (χ0) is 13.7. The van der Waals surface area contributed by atoms with Gasteiger partial charge in [0, 0.05) is 45.1 Å². The Balaban J connectivity index is 2.11. The minimum Gasteiger partial charge on any atom is -0.369 e. The lowest BCUT2D eigenvalue weighted by atomic mass is 10.3. The van der Waals surface area contributed by atoms with Gasteiger partial charge in [-0.15, -0.1) is 0 Å². The van der Waals surface area contributed by atoms with Crippen LogP contribution in [0.2, 0.25) is 0 Å². The number of nitrogens with two attached hydrogens (primary N) is 1. The Morgan fingerprint density at radius 3 is 2.95 bits per heavy atom. The van der Waals surface area contributed by atoms with Crippen LogP contribution in [-0.2, 0) is 6.54 Å². The smallest absolute Gasteiger partial charge is 0.134 e. The van der Waals surface area contributed by atoms with E-state index in [4.69, 9.17) is 5.73 Å². The molecule has 0 aromatic carbocycles. The standard InChI is InChI=1S/C13H20N6/c1-10-17-12(16-6-4-14)7-13(18-10)19(2)9-11-3-5-15-8-11/h3,5,7-8,15H,4,6,9,14H2,1-2H3,(H,16,17,18). The Labute approximate surface area is 113 Å². The number of anilines is 2. The third-order valence-corrected chi connectivity index (χ3v) is 2.75. The van der Waals surface area contributed by atoms with E-state index >= 15 is 0 Å². The SMILES string of the molecule is Cc1nc(NCCN)cc(N(C)Cc2cc[nH]c2)n1. The van der Waals surface area contributed by atoms with Crippen LogP contribution in [0.25, 0.3) is 0 Å². The zero-order valence-electron chi connectivity index (χ0n) is 11.3. The molecular weight excluding hydrogens is 240 g/mol. The number of aromatic nitrogens is 3. The summed E-state index contributed by atoms with van der Waals surface area (Å²) in [5.74, 6) is 2.46. The number of hydrogen-bond donors (Lipinski definition) is 3. The second-order valence-electron chi connectivity index (χ2n) is 4.45. The minimum atomic E-state index is 0.581. The molecule has 0 aliphatic heterocycles. The van der Waals surface area contributed by atoms with Gasteiger partial charge in [-0.25, -0.2) is 9.97 Å². The van der Waals surface area contributed by atoms with Gasteiger partial charge in [-0.3, -0.25) is 0 Å². The Morgan fingerprint density at radius 1 is 1.42 bits per heavy atom. The number of nitrogens with zero attached hydrogens (tertiary/aromatic N) is 3. The summed E-state index contributed by atoms with van der Waals surface area (Å²) >= 11 is 0. The maximum Gasteiger partial charge on any atom is 0.134 e. The van der Waals surface area contributed by atoms with Crippen molar-refractivity contribution in [2.24, 2.45) is 5.73 Å². The van der Waals surface area contributed by atoms with Crippen LogP contribution in [-0.4, -0.2) is 35.1 Å². The second-order valence-corrected chi connectivity index (χ2v) is 4.45. The predicted octanol–water partition coefficient (Wildman–Crippen LogP) is 1.12. The van der Waals surface area contributed by atoms with Crippen molar-refractivity contribution in [3.8, 4) is 0 Å². The first-order valence-electron chi connectivity index (χ1n) is 6.31. The van der Waals surface area contributed by atoms with Crippen LogP contribution in [0.15, 0.2) is 24.5 Å². The Kier molecular flexibility index (Phi) is 4.35. The third kappa shape index (κ3) is 3.69. The summed E-state index contributed by atoms with van der Waals surface area (Å²) < 4.78 is 0. The summed E-state index contributed by atoms with van der Waals surface area (Å²) in [6.07, 6.45) is 3.90. The van der Waals surface area contributed by atoms with Crippen molar-refractivity contribution in [1.29, 1.82) is 0 Å². The molecule has 0 saturated heterocycles. The van der Waals surface area contributed by atoms with Gasteiger partial charge < -0.3 is 20.9 Å². The van der Waals surface area contributed by atoms with Gasteiger partial charge in [0.25, 0.3) is 0 Å². The van der Waals surface area contributed by atoms with Gasteiger partial charge in [0.05, 0.1) is 0 Å². The maximum atomic E-state index is 5.48. The van der Waals surface area contributed by atoms with Gasteiger partial charge in [-0.1, -0.05) is 0 Å². The average Bonchev–Trinajstić information content (AvgIpc) is 2.88. The van der Waals surface area contributed by atoms with Crippen LogP contribution in [0.1, 0.15) is 11.4 Å². The fourth-order valence-corrected chi connectivity index (χ4v) is 1.85. The summed E-state index contributed by atoms with van der Waals surface area (Å²) in [4.78, 5) is 13.9. The quantitative estimate of drug-likeness (QED) is 0.725. The predicted molar refractivity (Wildman–Crippen MR) is 77.2 cm³/mol. The van der Waals surface area contributed by atoms with Crippen molar-refractivity contribution in [2.45, 2.75) is 13.5 Å². The monoisotopic (exact) mass is 260 g/mol. The van der Waals surface area contributed by atoms with E-state index in [0.29, 0.717) is 13.1 Å². The van der Waals surface area contributed by atoms with Gasteiger partial charge in [-0.2, -0.15) is 0 Å². The van der Waals surface area contributed by atoms with Crippen molar-refractivity contribution in [2.75, 3.05) is 30.4 Å². The lowest BCUT2D eigenvalue weighted by molar-refractivity contribution is 0.878. The number of aromatic amines is 1. The number of rotatable bonds is 6. The van der Waals surface area contributed by atoms with Gasteiger partial charge in [0.2, 0.25) is 0 Å². The second kappa shape index (κ2) is 6.19. The van der Waals surface area contributed by atoms with E-state index < -0.39 is 0 Å². The molecule has 0 amide bonds. The Bertz CT molecular complexity index is 508. The molecule has 19 heavy (non-hydrogen) atoms. The van der Waals surface area contributed by atoms with Crippen molar-refractivity contribution in [3.05, 3.63) is 35.9 Å². The summed E-state index contributed by atoms with van der Waals surface area (Å²) in [5.41, 5.74) is 6.70. The van der Waals surface area contributed by atoms with E-state index in [9.17, 15) is 0 Å². The van der Waals surface area contributed by atoms with E-state index in [1.165, 1.54) is 5.56 Å². The van der Waals surface area contributed by atoms with Crippen molar-refractivity contribution >= 4 is 11.6 Å².